The molecule has 0 aliphatic carbocycles. The molecule has 6 nitrogen and oxygen atoms in total. The van der Waals surface area contributed by atoms with Gasteiger partial charge in [-0.1, -0.05) is 22.9 Å². The standard InChI is InChI=1S/C17H23N3O3/c1-12-5-7-15(8-6-12)22-11-14(21)10-20-9-3-4-16(20)17-18-13(2)23-19-17/h5-8,14,16,21H,3-4,9-11H2,1-2H3. The van der Waals surface area contributed by atoms with Gasteiger partial charge in [-0.25, -0.2) is 0 Å². The van der Waals surface area contributed by atoms with Crippen LogP contribution in [0.15, 0.2) is 28.8 Å². The molecule has 1 aromatic carbocycles. The van der Waals surface area contributed by atoms with Gasteiger partial charge in [0.25, 0.3) is 0 Å². The molecule has 6 heteroatoms. The molecule has 1 aliphatic rings. The van der Waals surface area contributed by atoms with Gasteiger partial charge in [-0.3, -0.25) is 4.90 Å². The summed E-state index contributed by atoms with van der Waals surface area (Å²) in [5, 5.41) is 14.3. The van der Waals surface area contributed by atoms with Gasteiger partial charge in [0.05, 0.1) is 6.04 Å². The van der Waals surface area contributed by atoms with Gasteiger partial charge < -0.3 is 14.4 Å². The van der Waals surface area contributed by atoms with Crippen LogP contribution in [0.3, 0.4) is 0 Å². The van der Waals surface area contributed by atoms with Crippen molar-refractivity contribution < 1.29 is 14.4 Å². The number of hydrogen-bond acceptors (Lipinski definition) is 6. The van der Waals surface area contributed by atoms with Crippen LogP contribution >= 0.6 is 0 Å². The highest BCUT2D eigenvalue weighted by atomic mass is 16.5. The van der Waals surface area contributed by atoms with Crippen molar-refractivity contribution in [3.63, 3.8) is 0 Å². The van der Waals surface area contributed by atoms with Gasteiger partial charge in [-0.05, 0) is 38.4 Å². The topological polar surface area (TPSA) is 71.6 Å². The van der Waals surface area contributed by atoms with Gasteiger partial charge in [0.2, 0.25) is 5.89 Å². The van der Waals surface area contributed by atoms with E-state index >= 15 is 0 Å². The van der Waals surface area contributed by atoms with Crippen LogP contribution in [-0.2, 0) is 0 Å². The minimum absolute atomic E-state index is 0.126. The van der Waals surface area contributed by atoms with Gasteiger partial charge in [-0.2, -0.15) is 4.98 Å². The van der Waals surface area contributed by atoms with Crippen LogP contribution in [0.4, 0.5) is 0 Å². The number of aryl methyl sites for hydroxylation is 2. The molecule has 124 valence electrons. The number of aliphatic hydroxyl groups is 1. The lowest BCUT2D eigenvalue weighted by molar-refractivity contribution is 0.0623. The van der Waals surface area contributed by atoms with Crippen LogP contribution in [0.1, 0.15) is 36.2 Å². The van der Waals surface area contributed by atoms with E-state index in [0.29, 0.717) is 18.3 Å². The predicted molar refractivity (Wildman–Crippen MR) is 85.3 cm³/mol. The highest BCUT2D eigenvalue weighted by Gasteiger charge is 2.31. The zero-order valence-corrected chi connectivity index (χ0v) is 13.6. The Kier molecular flexibility index (Phi) is 4.93. The first kappa shape index (κ1) is 16.0. The zero-order chi connectivity index (χ0) is 16.2. The molecule has 2 heterocycles. The molecule has 3 rings (SSSR count). The number of β-amino-alcohol motifs (C(OH)–C–C–N with tert-alkyl or cyclic N) is 1. The number of rotatable bonds is 6. The van der Waals surface area contributed by atoms with Crippen LogP contribution in [-0.4, -0.2) is 45.9 Å². The summed E-state index contributed by atoms with van der Waals surface area (Å²) in [5.41, 5.74) is 1.19. The summed E-state index contributed by atoms with van der Waals surface area (Å²) in [6.45, 7) is 5.58. The molecule has 2 aromatic rings. The summed E-state index contributed by atoms with van der Waals surface area (Å²) in [7, 11) is 0. The minimum atomic E-state index is -0.551. The third-order valence-electron chi connectivity index (χ3n) is 4.11. The van der Waals surface area contributed by atoms with Crippen molar-refractivity contribution in [2.45, 2.75) is 38.8 Å². The van der Waals surface area contributed by atoms with Crippen molar-refractivity contribution in [2.75, 3.05) is 19.7 Å². The van der Waals surface area contributed by atoms with Gasteiger partial charge in [0.1, 0.15) is 18.5 Å². The number of hydrogen-bond donors (Lipinski definition) is 1. The number of nitrogens with zero attached hydrogens (tertiary/aromatic N) is 3. The van der Waals surface area contributed by atoms with E-state index in [0.717, 1.165) is 25.1 Å². The molecular formula is C17H23N3O3. The maximum Gasteiger partial charge on any atom is 0.223 e. The van der Waals surface area contributed by atoms with Crippen LogP contribution in [0, 0.1) is 13.8 Å². The SMILES string of the molecule is Cc1ccc(OCC(O)CN2CCCC2c2noc(C)n2)cc1. The zero-order valence-electron chi connectivity index (χ0n) is 13.6. The van der Waals surface area contributed by atoms with Crippen molar-refractivity contribution in [1.29, 1.82) is 0 Å². The monoisotopic (exact) mass is 317 g/mol. The first-order chi connectivity index (χ1) is 11.1. The summed E-state index contributed by atoms with van der Waals surface area (Å²) in [6.07, 6.45) is 1.51. The second kappa shape index (κ2) is 7.10. The molecule has 2 atom stereocenters. The molecule has 0 saturated carbocycles. The third-order valence-corrected chi connectivity index (χ3v) is 4.11. The van der Waals surface area contributed by atoms with E-state index in [9.17, 15) is 5.11 Å². The van der Waals surface area contributed by atoms with Crippen LogP contribution in [0.2, 0.25) is 0 Å². The lowest BCUT2D eigenvalue weighted by atomic mass is 10.2. The Bertz CT molecular complexity index is 626. The maximum atomic E-state index is 10.3. The van der Waals surface area contributed by atoms with E-state index in [1.54, 1.807) is 6.92 Å². The molecule has 1 aliphatic heterocycles. The Hall–Kier alpha value is -1.92. The molecule has 1 saturated heterocycles. The normalized spacial score (nSPS) is 19.9. The van der Waals surface area contributed by atoms with Crippen LogP contribution < -0.4 is 4.74 Å². The average molecular weight is 317 g/mol. The Morgan fingerprint density at radius 2 is 2.13 bits per heavy atom. The first-order valence-corrected chi connectivity index (χ1v) is 8.03. The molecule has 2 unspecified atom stereocenters. The molecule has 23 heavy (non-hydrogen) atoms. The fourth-order valence-electron chi connectivity index (χ4n) is 2.94. The lowest BCUT2D eigenvalue weighted by Gasteiger charge is -2.24. The van der Waals surface area contributed by atoms with Crippen molar-refractivity contribution in [1.82, 2.24) is 15.0 Å². The summed E-state index contributed by atoms with van der Waals surface area (Å²) in [6, 6.07) is 7.96. The van der Waals surface area contributed by atoms with Crippen molar-refractivity contribution in [3.8, 4) is 5.75 Å². The quantitative estimate of drug-likeness (QED) is 0.881. The van der Waals surface area contributed by atoms with Crippen LogP contribution in [0.25, 0.3) is 0 Å². The molecule has 1 N–H and O–H groups in total. The number of ether oxygens (including phenoxy) is 1. The molecule has 0 radical (unpaired) electrons. The molecular weight excluding hydrogens is 294 g/mol. The molecule has 0 spiro atoms. The smallest absolute Gasteiger partial charge is 0.223 e. The van der Waals surface area contributed by atoms with Crippen molar-refractivity contribution >= 4 is 0 Å². The summed E-state index contributed by atoms with van der Waals surface area (Å²) >= 11 is 0. The number of benzene rings is 1. The van der Waals surface area contributed by atoms with E-state index in [-0.39, 0.29) is 12.6 Å². The number of likely N-dealkylation sites (tertiary alicyclic amines) is 1. The summed E-state index contributed by atoms with van der Waals surface area (Å²) < 4.78 is 10.7. The fourth-order valence-corrected chi connectivity index (χ4v) is 2.94. The predicted octanol–water partition coefficient (Wildman–Crippen LogP) is 2.26. The van der Waals surface area contributed by atoms with Crippen molar-refractivity contribution in [3.05, 3.63) is 41.5 Å². The third kappa shape index (κ3) is 4.09. The Morgan fingerprint density at radius 1 is 1.35 bits per heavy atom. The van der Waals surface area contributed by atoms with Crippen LogP contribution in [0.5, 0.6) is 5.75 Å². The van der Waals surface area contributed by atoms with E-state index in [4.69, 9.17) is 9.26 Å². The van der Waals surface area contributed by atoms with Gasteiger partial charge in [0.15, 0.2) is 5.82 Å². The highest BCUT2D eigenvalue weighted by Crippen LogP contribution is 2.30. The molecule has 0 amide bonds. The number of aromatic nitrogens is 2. The first-order valence-electron chi connectivity index (χ1n) is 8.03. The summed E-state index contributed by atoms with van der Waals surface area (Å²) in [5.74, 6) is 2.07. The van der Waals surface area contributed by atoms with E-state index in [2.05, 4.69) is 15.0 Å². The Labute approximate surface area is 136 Å². The van der Waals surface area contributed by atoms with Gasteiger partial charge in [-0.15, -0.1) is 0 Å². The van der Waals surface area contributed by atoms with Gasteiger partial charge >= 0.3 is 0 Å². The average Bonchev–Trinajstić information content (AvgIpc) is 3.15. The molecule has 0 bridgehead atoms. The van der Waals surface area contributed by atoms with E-state index in [1.165, 1.54) is 5.56 Å². The summed E-state index contributed by atoms with van der Waals surface area (Å²) in [4.78, 5) is 6.52. The van der Waals surface area contributed by atoms with Crippen molar-refractivity contribution in [2.24, 2.45) is 0 Å². The molecule has 1 fully saturated rings. The Balaban J connectivity index is 1.52. The highest BCUT2D eigenvalue weighted by molar-refractivity contribution is 5.26. The second-order valence-electron chi connectivity index (χ2n) is 6.10. The fraction of sp³-hybridized carbons (Fsp3) is 0.529. The number of aliphatic hydroxyl groups excluding tert-OH is 1. The lowest BCUT2D eigenvalue weighted by Crippen LogP contribution is -2.35. The largest absolute Gasteiger partial charge is 0.491 e. The van der Waals surface area contributed by atoms with E-state index in [1.807, 2.05) is 31.2 Å². The van der Waals surface area contributed by atoms with Gasteiger partial charge in [0, 0.05) is 13.5 Å². The molecule has 1 aromatic heterocycles. The minimum Gasteiger partial charge on any atom is -0.491 e. The maximum absolute atomic E-state index is 10.3. The second-order valence-corrected chi connectivity index (χ2v) is 6.10. The Morgan fingerprint density at radius 3 is 2.83 bits per heavy atom. The van der Waals surface area contributed by atoms with E-state index < -0.39 is 6.10 Å².